The zero-order chi connectivity index (χ0) is 13.8. The van der Waals surface area contributed by atoms with E-state index in [4.69, 9.17) is 0 Å². The minimum absolute atomic E-state index is 0.188. The Morgan fingerprint density at radius 2 is 2.11 bits per heavy atom. The fourth-order valence-electron chi connectivity index (χ4n) is 2.63. The van der Waals surface area contributed by atoms with Crippen LogP contribution in [0.4, 0.5) is 0 Å². The van der Waals surface area contributed by atoms with E-state index in [1.165, 1.54) is 5.82 Å². The van der Waals surface area contributed by atoms with E-state index in [1.807, 2.05) is 20.3 Å². The van der Waals surface area contributed by atoms with Crippen molar-refractivity contribution in [3.05, 3.63) is 18.2 Å². The van der Waals surface area contributed by atoms with E-state index in [0.717, 1.165) is 32.5 Å². The van der Waals surface area contributed by atoms with Gasteiger partial charge in [0.1, 0.15) is 5.82 Å². The molecule has 0 radical (unpaired) electrons. The lowest BCUT2D eigenvalue weighted by molar-refractivity contribution is -0.130. The maximum absolute atomic E-state index is 11.7. The summed E-state index contributed by atoms with van der Waals surface area (Å²) in [4.78, 5) is 20.1. The molecule has 0 bridgehead atoms. The molecule has 1 amide bonds. The lowest BCUT2D eigenvalue weighted by atomic mass is 9.96. The fraction of sp³-hybridized carbons (Fsp3) is 0.714. The Kier molecular flexibility index (Phi) is 4.58. The van der Waals surface area contributed by atoms with Crippen LogP contribution in [-0.4, -0.2) is 59.0 Å². The number of hydrogen-bond donors (Lipinski definition) is 0. The summed E-state index contributed by atoms with van der Waals surface area (Å²) < 4.78 is 2.23. The molecule has 1 saturated heterocycles. The van der Waals surface area contributed by atoms with E-state index in [-0.39, 0.29) is 5.91 Å². The molecular weight excluding hydrogens is 240 g/mol. The molecular formula is C14H24N4O. The van der Waals surface area contributed by atoms with Crippen LogP contribution < -0.4 is 0 Å². The van der Waals surface area contributed by atoms with Gasteiger partial charge in [0.25, 0.3) is 0 Å². The molecule has 19 heavy (non-hydrogen) atoms. The predicted octanol–water partition coefficient (Wildman–Crippen LogP) is 1.17. The van der Waals surface area contributed by atoms with Crippen molar-refractivity contribution in [2.24, 2.45) is 0 Å². The van der Waals surface area contributed by atoms with Gasteiger partial charge in [-0.2, -0.15) is 0 Å². The van der Waals surface area contributed by atoms with Gasteiger partial charge in [-0.15, -0.1) is 0 Å². The van der Waals surface area contributed by atoms with Crippen molar-refractivity contribution < 1.29 is 4.79 Å². The van der Waals surface area contributed by atoms with Crippen LogP contribution in [0.5, 0.6) is 0 Å². The van der Waals surface area contributed by atoms with Gasteiger partial charge in [-0.25, -0.2) is 4.98 Å². The average Bonchev–Trinajstić information content (AvgIpc) is 2.87. The highest BCUT2D eigenvalue weighted by Gasteiger charge is 2.24. The Balaban J connectivity index is 1.87. The van der Waals surface area contributed by atoms with E-state index in [9.17, 15) is 4.79 Å². The van der Waals surface area contributed by atoms with Crippen LogP contribution in [0.25, 0.3) is 0 Å². The molecule has 0 aliphatic carbocycles. The molecule has 106 valence electrons. The average molecular weight is 264 g/mol. The van der Waals surface area contributed by atoms with Crippen LogP contribution >= 0.6 is 0 Å². The number of likely N-dealkylation sites (N-methyl/N-ethyl adjacent to an activating group) is 1. The van der Waals surface area contributed by atoms with E-state index in [2.05, 4.69) is 27.6 Å². The molecule has 0 unspecified atom stereocenters. The van der Waals surface area contributed by atoms with Crippen molar-refractivity contribution in [3.8, 4) is 0 Å². The molecule has 0 aromatic carbocycles. The zero-order valence-electron chi connectivity index (χ0n) is 12.2. The summed E-state index contributed by atoms with van der Waals surface area (Å²) in [5.74, 6) is 1.94. The summed E-state index contributed by atoms with van der Waals surface area (Å²) in [6.45, 7) is 5.65. The van der Waals surface area contributed by atoms with Gasteiger partial charge in [0.15, 0.2) is 0 Å². The zero-order valence-corrected chi connectivity index (χ0v) is 12.2. The Morgan fingerprint density at radius 3 is 2.68 bits per heavy atom. The van der Waals surface area contributed by atoms with E-state index >= 15 is 0 Å². The first kappa shape index (κ1) is 14.1. The van der Waals surface area contributed by atoms with Gasteiger partial charge in [0.2, 0.25) is 5.91 Å². The number of likely N-dealkylation sites (tertiary alicyclic amines) is 1. The smallest absolute Gasteiger partial charge is 0.236 e. The van der Waals surface area contributed by atoms with Crippen molar-refractivity contribution >= 4 is 5.91 Å². The topological polar surface area (TPSA) is 41.4 Å². The lowest BCUT2D eigenvalue weighted by Gasteiger charge is -2.31. The molecule has 0 saturated carbocycles. The number of amides is 1. The minimum atomic E-state index is 0.188. The number of nitrogens with zero attached hydrogens (tertiary/aromatic N) is 4. The van der Waals surface area contributed by atoms with E-state index in [0.29, 0.717) is 12.5 Å². The summed E-state index contributed by atoms with van der Waals surface area (Å²) >= 11 is 0. The highest BCUT2D eigenvalue weighted by Crippen LogP contribution is 2.26. The number of hydrogen-bond acceptors (Lipinski definition) is 3. The largest absolute Gasteiger partial charge is 0.348 e. The van der Waals surface area contributed by atoms with Crippen molar-refractivity contribution in [2.45, 2.75) is 32.2 Å². The number of aryl methyl sites for hydroxylation is 1. The van der Waals surface area contributed by atoms with Crippen molar-refractivity contribution in [3.63, 3.8) is 0 Å². The number of carbonyl (C=O) groups is 1. The van der Waals surface area contributed by atoms with Crippen LogP contribution in [-0.2, 0) is 11.3 Å². The highest BCUT2D eigenvalue weighted by molar-refractivity contribution is 5.77. The van der Waals surface area contributed by atoms with Crippen LogP contribution in [0.1, 0.15) is 31.5 Å². The predicted molar refractivity (Wildman–Crippen MR) is 75.0 cm³/mol. The molecule has 2 rings (SSSR count). The number of carbonyl (C=O) groups excluding carboxylic acids is 1. The molecule has 5 nitrogen and oxygen atoms in total. The third kappa shape index (κ3) is 3.35. The summed E-state index contributed by atoms with van der Waals surface area (Å²) in [5.41, 5.74) is 0. The summed E-state index contributed by atoms with van der Waals surface area (Å²) in [5, 5.41) is 0. The third-order valence-corrected chi connectivity index (χ3v) is 3.90. The van der Waals surface area contributed by atoms with Gasteiger partial charge < -0.3 is 9.47 Å². The molecule has 0 atom stereocenters. The molecule has 1 fully saturated rings. The van der Waals surface area contributed by atoms with Gasteiger partial charge in [0.05, 0.1) is 6.54 Å². The summed E-state index contributed by atoms with van der Waals surface area (Å²) in [7, 11) is 3.63. The first-order valence-corrected chi connectivity index (χ1v) is 7.05. The molecule has 1 aliphatic rings. The molecule has 0 spiro atoms. The maximum Gasteiger partial charge on any atom is 0.236 e. The van der Waals surface area contributed by atoms with Crippen LogP contribution in [0.3, 0.4) is 0 Å². The maximum atomic E-state index is 11.7. The van der Waals surface area contributed by atoms with Crippen LogP contribution in [0.2, 0.25) is 0 Å². The normalized spacial score (nSPS) is 17.6. The van der Waals surface area contributed by atoms with Crippen molar-refractivity contribution in [2.75, 3.05) is 33.7 Å². The Bertz CT molecular complexity index is 419. The lowest BCUT2D eigenvalue weighted by Crippen LogP contribution is -2.41. The number of rotatable bonds is 4. The monoisotopic (exact) mass is 264 g/mol. The Morgan fingerprint density at radius 1 is 1.42 bits per heavy atom. The molecule has 2 heterocycles. The first-order chi connectivity index (χ1) is 9.11. The van der Waals surface area contributed by atoms with Crippen molar-refractivity contribution in [1.29, 1.82) is 0 Å². The Labute approximate surface area is 115 Å². The number of aromatic nitrogens is 2. The molecule has 1 aromatic heterocycles. The standard InChI is InChI=1S/C14H24N4O/c1-4-18-10-7-15-14(18)12-5-8-17(9-6-12)11-13(19)16(2)3/h7,10,12H,4-6,8-9,11H2,1-3H3. The van der Waals surface area contributed by atoms with Gasteiger partial charge in [-0.1, -0.05) is 0 Å². The fourth-order valence-corrected chi connectivity index (χ4v) is 2.63. The molecule has 5 heteroatoms. The van der Waals surface area contributed by atoms with Gasteiger partial charge in [0, 0.05) is 39.0 Å². The van der Waals surface area contributed by atoms with E-state index in [1.54, 1.807) is 4.90 Å². The molecule has 0 N–H and O–H groups in total. The van der Waals surface area contributed by atoms with Gasteiger partial charge in [-0.3, -0.25) is 9.69 Å². The summed E-state index contributed by atoms with van der Waals surface area (Å²) in [6, 6.07) is 0. The van der Waals surface area contributed by atoms with Gasteiger partial charge >= 0.3 is 0 Å². The van der Waals surface area contributed by atoms with E-state index < -0.39 is 0 Å². The Hall–Kier alpha value is -1.36. The quantitative estimate of drug-likeness (QED) is 0.820. The van der Waals surface area contributed by atoms with Crippen LogP contribution in [0, 0.1) is 0 Å². The van der Waals surface area contributed by atoms with Crippen molar-refractivity contribution in [1.82, 2.24) is 19.4 Å². The minimum Gasteiger partial charge on any atom is -0.348 e. The first-order valence-electron chi connectivity index (χ1n) is 7.05. The second kappa shape index (κ2) is 6.19. The number of piperidine rings is 1. The SMILES string of the molecule is CCn1ccnc1C1CCN(CC(=O)N(C)C)CC1. The second-order valence-corrected chi connectivity index (χ2v) is 5.41. The molecule has 1 aliphatic heterocycles. The van der Waals surface area contributed by atoms with Gasteiger partial charge in [-0.05, 0) is 32.9 Å². The number of imidazole rings is 1. The van der Waals surface area contributed by atoms with Crippen LogP contribution in [0.15, 0.2) is 12.4 Å². The second-order valence-electron chi connectivity index (χ2n) is 5.41. The summed E-state index contributed by atoms with van der Waals surface area (Å²) in [6.07, 6.45) is 6.13. The molecule has 1 aromatic rings. The third-order valence-electron chi connectivity index (χ3n) is 3.90. The highest BCUT2D eigenvalue weighted by atomic mass is 16.2.